The zero-order valence-corrected chi connectivity index (χ0v) is 13.5. The third-order valence-electron chi connectivity index (χ3n) is 3.01. The molecule has 6 nitrogen and oxygen atoms in total. The minimum atomic E-state index is -5.02. The Labute approximate surface area is 148 Å². The van der Waals surface area contributed by atoms with Crippen molar-refractivity contribution in [3.05, 3.63) is 41.6 Å². The van der Waals surface area contributed by atoms with Gasteiger partial charge >= 0.3 is 18.3 Å². The van der Waals surface area contributed by atoms with E-state index in [4.69, 9.17) is 0 Å². The lowest BCUT2D eigenvalue weighted by Crippen LogP contribution is -2.22. The molecule has 0 aliphatic carbocycles. The van der Waals surface area contributed by atoms with Gasteiger partial charge < -0.3 is 14.8 Å². The maximum absolute atomic E-state index is 12.9. The second kappa shape index (κ2) is 7.68. The number of halogens is 6. The molecular weight excluding hydrogens is 384 g/mol. The zero-order chi connectivity index (χ0) is 20.2. The number of hydrogen-bond acceptors (Lipinski definition) is 6. The summed E-state index contributed by atoms with van der Waals surface area (Å²) >= 11 is 0. The summed E-state index contributed by atoms with van der Waals surface area (Å²) in [6.45, 7) is -1.97. The van der Waals surface area contributed by atoms with Gasteiger partial charge in [0, 0.05) is 6.20 Å². The van der Waals surface area contributed by atoms with E-state index in [1.54, 1.807) is 0 Å². The van der Waals surface area contributed by atoms with Crippen LogP contribution in [0.2, 0.25) is 0 Å². The van der Waals surface area contributed by atoms with Crippen LogP contribution in [0.4, 0.5) is 38.0 Å². The van der Waals surface area contributed by atoms with E-state index >= 15 is 0 Å². The number of rotatable bonds is 5. The number of alkyl halides is 6. The van der Waals surface area contributed by atoms with Crippen molar-refractivity contribution in [1.29, 1.82) is 0 Å². The highest BCUT2D eigenvalue weighted by atomic mass is 19.4. The number of nitrogens with zero attached hydrogens (tertiary/aromatic N) is 2. The first kappa shape index (κ1) is 20.3. The number of aromatic nitrogens is 2. The predicted molar refractivity (Wildman–Crippen MR) is 79.6 cm³/mol. The van der Waals surface area contributed by atoms with E-state index in [0.717, 1.165) is 7.11 Å². The van der Waals surface area contributed by atoms with Crippen molar-refractivity contribution in [1.82, 2.24) is 9.97 Å². The fourth-order valence-electron chi connectivity index (χ4n) is 1.88. The number of esters is 1. The zero-order valence-electron chi connectivity index (χ0n) is 13.5. The van der Waals surface area contributed by atoms with Gasteiger partial charge in [-0.05, 0) is 12.1 Å². The summed E-state index contributed by atoms with van der Waals surface area (Å²) in [7, 11) is 1.12. The van der Waals surface area contributed by atoms with Gasteiger partial charge in [0.05, 0.1) is 18.4 Å². The highest BCUT2D eigenvalue weighted by Gasteiger charge is 2.38. The molecule has 1 N–H and O–H groups in total. The van der Waals surface area contributed by atoms with Crippen molar-refractivity contribution in [3.63, 3.8) is 0 Å². The molecule has 1 aromatic heterocycles. The van der Waals surface area contributed by atoms with Crippen LogP contribution >= 0.6 is 0 Å². The SMILES string of the molecule is COC(=O)c1ccccc1Nc1ncc(C(F)(F)F)c(OCC(F)(F)F)n1. The third kappa shape index (κ3) is 5.46. The molecule has 27 heavy (non-hydrogen) atoms. The van der Waals surface area contributed by atoms with Gasteiger partial charge in [0.2, 0.25) is 11.8 Å². The van der Waals surface area contributed by atoms with Crippen LogP contribution in [0.3, 0.4) is 0 Å². The summed E-state index contributed by atoms with van der Waals surface area (Å²) in [4.78, 5) is 18.5. The van der Waals surface area contributed by atoms with Crippen molar-refractivity contribution >= 4 is 17.6 Å². The molecule has 0 radical (unpaired) electrons. The molecule has 146 valence electrons. The summed E-state index contributed by atoms with van der Waals surface area (Å²) < 4.78 is 84.3. The van der Waals surface area contributed by atoms with Gasteiger partial charge in [-0.1, -0.05) is 12.1 Å². The minimum Gasteiger partial charge on any atom is -0.467 e. The van der Waals surface area contributed by atoms with Gasteiger partial charge in [-0.3, -0.25) is 0 Å². The van der Waals surface area contributed by atoms with Crippen LogP contribution in [0.25, 0.3) is 0 Å². The lowest BCUT2D eigenvalue weighted by atomic mass is 10.2. The minimum absolute atomic E-state index is 0.0151. The van der Waals surface area contributed by atoms with Crippen LogP contribution in [-0.2, 0) is 10.9 Å². The van der Waals surface area contributed by atoms with Gasteiger partial charge in [-0.25, -0.2) is 9.78 Å². The Morgan fingerprint density at radius 2 is 1.81 bits per heavy atom. The topological polar surface area (TPSA) is 73.3 Å². The van der Waals surface area contributed by atoms with Gasteiger partial charge in [-0.15, -0.1) is 0 Å². The summed E-state index contributed by atoms with van der Waals surface area (Å²) in [6.07, 6.45) is -9.61. The summed E-state index contributed by atoms with van der Waals surface area (Å²) in [5.74, 6) is -2.55. The Morgan fingerprint density at radius 1 is 1.15 bits per heavy atom. The van der Waals surface area contributed by atoms with E-state index in [0.29, 0.717) is 0 Å². The monoisotopic (exact) mass is 395 g/mol. The molecule has 12 heteroatoms. The molecule has 0 aliphatic heterocycles. The number of anilines is 2. The standard InChI is InChI=1S/C15H11F6N3O3/c1-26-12(25)8-4-2-3-5-10(8)23-13-22-6-9(15(19,20)21)11(24-13)27-7-14(16,17)18/h2-6H,7H2,1H3,(H,22,23,24). The van der Waals surface area contributed by atoms with Gasteiger partial charge in [0.1, 0.15) is 5.56 Å². The Morgan fingerprint density at radius 3 is 2.41 bits per heavy atom. The van der Waals surface area contributed by atoms with Crippen LogP contribution in [0.1, 0.15) is 15.9 Å². The molecule has 0 amide bonds. The van der Waals surface area contributed by atoms with Crippen LogP contribution in [0.5, 0.6) is 5.88 Å². The van der Waals surface area contributed by atoms with Gasteiger partial charge in [-0.2, -0.15) is 31.3 Å². The molecule has 1 heterocycles. The summed E-state index contributed by atoms with van der Waals surface area (Å²) in [5, 5.41) is 2.45. The molecule has 2 rings (SSSR count). The van der Waals surface area contributed by atoms with Crippen molar-refractivity contribution in [2.45, 2.75) is 12.4 Å². The van der Waals surface area contributed by atoms with Crippen LogP contribution < -0.4 is 10.1 Å². The quantitative estimate of drug-likeness (QED) is 0.610. The molecule has 0 saturated heterocycles. The molecule has 0 fully saturated rings. The van der Waals surface area contributed by atoms with E-state index in [2.05, 4.69) is 24.8 Å². The van der Waals surface area contributed by atoms with Crippen molar-refractivity contribution in [3.8, 4) is 5.88 Å². The van der Waals surface area contributed by atoms with E-state index < -0.39 is 42.3 Å². The number of hydrogen-bond donors (Lipinski definition) is 1. The maximum Gasteiger partial charge on any atom is 0.423 e. The highest BCUT2D eigenvalue weighted by Crippen LogP contribution is 2.36. The number of ether oxygens (including phenoxy) is 2. The average Bonchev–Trinajstić information content (AvgIpc) is 2.58. The van der Waals surface area contributed by atoms with Crippen LogP contribution in [0, 0.1) is 0 Å². The molecule has 0 saturated carbocycles. The van der Waals surface area contributed by atoms with E-state index in [-0.39, 0.29) is 17.4 Å². The lowest BCUT2D eigenvalue weighted by molar-refractivity contribution is -0.159. The Hall–Kier alpha value is -3.05. The number of nitrogens with one attached hydrogen (secondary N) is 1. The number of carbonyl (C=O) groups excluding carboxylic acids is 1. The fourth-order valence-corrected chi connectivity index (χ4v) is 1.88. The van der Waals surface area contributed by atoms with Crippen molar-refractivity contribution in [2.75, 3.05) is 19.0 Å². The maximum atomic E-state index is 12.9. The predicted octanol–water partition coefficient (Wildman–Crippen LogP) is 3.97. The van der Waals surface area contributed by atoms with E-state index in [9.17, 15) is 31.1 Å². The molecule has 0 spiro atoms. The second-order valence-electron chi connectivity index (χ2n) is 4.98. The Bertz CT molecular complexity index is 823. The number of para-hydroxylation sites is 1. The summed E-state index contributed by atoms with van der Waals surface area (Å²) in [5.41, 5.74) is -1.48. The van der Waals surface area contributed by atoms with Gasteiger partial charge in [0.25, 0.3) is 0 Å². The second-order valence-corrected chi connectivity index (χ2v) is 4.98. The fraction of sp³-hybridized carbons (Fsp3) is 0.267. The van der Waals surface area contributed by atoms with Crippen LogP contribution in [-0.4, -0.2) is 35.8 Å². The van der Waals surface area contributed by atoms with Crippen LogP contribution in [0.15, 0.2) is 30.5 Å². The smallest absolute Gasteiger partial charge is 0.423 e. The molecule has 0 atom stereocenters. The van der Waals surface area contributed by atoms with E-state index in [1.165, 1.54) is 24.3 Å². The lowest BCUT2D eigenvalue weighted by Gasteiger charge is -2.15. The third-order valence-corrected chi connectivity index (χ3v) is 3.01. The number of methoxy groups -OCH3 is 1. The molecule has 2 aromatic rings. The molecule has 0 unspecified atom stereocenters. The Balaban J connectivity index is 2.38. The molecule has 0 aliphatic rings. The largest absolute Gasteiger partial charge is 0.467 e. The van der Waals surface area contributed by atoms with Gasteiger partial charge in [0.15, 0.2) is 6.61 Å². The number of carbonyl (C=O) groups is 1. The first-order valence-corrected chi connectivity index (χ1v) is 7.09. The van der Waals surface area contributed by atoms with E-state index in [1.807, 2.05) is 0 Å². The average molecular weight is 395 g/mol. The van der Waals surface area contributed by atoms with Crippen molar-refractivity contribution < 1.29 is 40.6 Å². The Kier molecular flexibility index (Phi) is 5.76. The molecule has 0 bridgehead atoms. The normalized spacial score (nSPS) is 11.8. The highest BCUT2D eigenvalue weighted by molar-refractivity contribution is 5.96. The number of benzene rings is 1. The first-order valence-electron chi connectivity index (χ1n) is 7.09. The van der Waals surface area contributed by atoms with Crippen molar-refractivity contribution in [2.24, 2.45) is 0 Å². The first-order chi connectivity index (χ1) is 12.5. The summed E-state index contributed by atoms with van der Waals surface area (Å²) in [6, 6.07) is 5.74. The molecular formula is C15H11F6N3O3. The molecule has 1 aromatic carbocycles.